The van der Waals surface area contributed by atoms with Gasteiger partial charge in [-0.1, -0.05) is 25.3 Å². The van der Waals surface area contributed by atoms with E-state index in [-0.39, 0.29) is 18.1 Å². The van der Waals surface area contributed by atoms with Crippen molar-refractivity contribution in [2.45, 2.75) is 51.4 Å². The van der Waals surface area contributed by atoms with Crippen molar-refractivity contribution in [1.29, 1.82) is 0 Å². The highest BCUT2D eigenvalue weighted by Crippen LogP contribution is 2.16. The average Bonchev–Trinajstić information content (AvgIpc) is 2.41. The monoisotopic (exact) mass is 281 g/mol. The van der Waals surface area contributed by atoms with Crippen LogP contribution < -0.4 is 5.32 Å². The predicted octanol–water partition coefficient (Wildman–Crippen LogP) is 2.69. The van der Waals surface area contributed by atoms with Crippen LogP contribution in [0.3, 0.4) is 0 Å². The molecule has 5 nitrogen and oxygen atoms in total. The van der Waals surface area contributed by atoms with Gasteiger partial charge in [-0.3, -0.25) is 9.59 Å². The number of amides is 1. The Balaban J connectivity index is 2.04. The van der Waals surface area contributed by atoms with Crippen molar-refractivity contribution < 1.29 is 19.8 Å². The van der Waals surface area contributed by atoms with Crippen LogP contribution in [-0.4, -0.2) is 28.6 Å². The Morgan fingerprint density at radius 3 is 2.40 bits per heavy atom. The van der Waals surface area contributed by atoms with Gasteiger partial charge in [-0.2, -0.15) is 0 Å². The number of aliphatic carboxylic acids is 1. The number of aliphatic hydroxyl groups is 1. The van der Waals surface area contributed by atoms with Crippen LogP contribution >= 0.6 is 0 Å². The van der Waals surface area contributed by atoms with Crippen LogP contribution in [-0.2, 0) is 9.59 Å². The fourth-order valence-electron chi connectivity index (χ4n) is 2.10. The Morgan fingerprint density at radius 2 is 1.70 bits per heavy atom. The highest BCUT2D eigenvalue weighted by molar-refractivity contribution is 5.97. The fraction of sp³-hybridized carbons (Fsp3) is 0.600. The quantitative estimate of drug-likeness (QED) is 0.567. The smallest absolute Gasteiger partial charge is 0.303 e. The first kappa shape index (κ1) is 16.3. The van der Waals surface area contributed by atoms with Gasteiger partial charge in [0.15, 0.2) is 0 Å². The Morgan fingerprint density at radius 1 is 1.05 bits per heavy atom. The lowest BCUT2D eigenvalue weighted by molar-refractivity contribution is -0.137. The van der Waals surface area contributed by atoms with E-state index in [1.165, 1.54) is 0 Å². The van der Waals surface area contributed by atoms with Crippen molar-refractivity contribution in [2.75, 3.05) is 6.54 Å². The number of rotatable bonds is 9. The van der Waals surface area contributed by atoms with Crippen LogP contribution in [0.2, 0.25) is 0 Å². The van der Waals surface area contributed by atoms with Gasteiger partial charge in [0.2, 0.25) is 0 Å². The van der Waals surface area contributed by atoms with Crippen LogP contribution in [0, 0.1) is 0 Å². The minimum Gasteiger partial charge on any atom is -0.507 e. The summed E-state index contributed by atoms with van der Waals surface area (Å²) in [5, 5.41) is 20.8. The van der Waals surface area contributed by atoms with Crippen LogP contribution in [0.25, 0.3) is 0 Å². The minimum absolute atomic E-state index is 0.0717. The van der Waals surface area contributed by atoms with E-state index in [1.54, 1.807) is 12.2 Å². The second-order valence-electron chi connectivity index (χ2n) is 4.95. The Labute approximate surface area is 119 Å². The molecule has 0 saturated heterocycles. The molecule has 0 aliphatic heterocycles. The number of allylic oxidation sites excluding steroid dienone is 2. The van der Waals surface area contributed by atoms with Crippen molar-refractivity contribution in [3.63, 3.8) is 0 Å². The van der Waals surface area contributed by atoms with Crippen LogP contribution in [0.15, 0.2) is 23.5 Å². The number of carboxylic acids is 1. The lowest BCUT2D eigenvalue weighted by Crippen LogP contribution is -2.27. The van der Waals surface area contributed by atoms with Crippen molar-refractivity contribution >= 4 is 11.9 Å². The van der Waals surface area contributed by atoms with E-state index in [9.17, 15) is 14.7 Å². The summed E-state index contributed by atoms with van der Waals surface area (Å²) in [6.45, 7) is 0.586. The molecule has 1 aliphatic rings. The van der Waals surface area contributed by atoms with Crippen molar-refractivity contribution in [3.8, 4) is 0 Å². The SMILES string of the molecule is O=C(O)CCCCCCCNC(=O)C1=CCCC=C1O. The third-order valence-electron chi connectivity index (χ3n) is 3.23. The number of carboxylic acid groups (broad SMARTS) is 1. The molecule has 1 rings (SSSR count). The van der Waals surface area contributed by atoms with Gasteiger partial charge < -0.3 is 15.5 Å². The zero-order chi connectivity index (χ0) is 14.8. The number of nitrogens with one attached hydrogen (secondary N) is 1. The van der Waals surface area contributed by atoms with Gasteiger partial charge in [-0.05, 0) is 31.8 Å². The molecule has 0 saturated carbocycles. The van der Waals surface area contributed by atoms with Crippen molar-refractivity contribution in [1.82, 2.24) is 5.32 Å². The van der Waals surface area contributed by atoms with E-state index >= 15 is 0 Å². The molecule has 0 radical (unpaired) electrons. The van der Waals surface area contributed by atoms with Gasteiger partial charge in [0.05, 0.1) is 5.57 Å². The zero-order valence-electron chi connectivity index (χ0n) is 11.7. The van der Waals surface area contributed by atoms with Crippen LogP contribution in [0.5, 0.6) is 0 Å². The maximum Gasteiger partial charge on any atom is 0.303 e. The number of unbranched alkanes of at least 4 members (excludes halogenated alkanes) is 4. The molecule has 1 amide bonds. The molecule has 5 heteroatoms. The normalized spacial score (nSPS) is 14.4. The number of carbonyl (C=O) groups is 2. The summed E-state index contributed by atoms with van der Waals surface area (Å²) in [6, 6.07) is 0. The Kier molecular flexibility index (Phi) is 7.47. The minimum atomic E-state index is -0.745. The summed E-state index contributed by atoms with van der Waals surface area (Å²) in [5.74, 6) is -0.891. The third kappa shape index (κ3) is 6.41. The molecule has 20 heavy (non-hydrogen) atoms. The molecule has 0 aromatic rings. The number of hydrogen-bond donors (Lipinski definition) is 3. The Hall–Kier alpha value is -1.78. The third-order valence-corrected chi connectivity index (χ3v) is 3.23. The number of aliphatic hydroxyl groups excluding tert-OH is 1. The molecule has 3 N–H and O–H groups in total. The average molecular weight is 281 g/mol. The van der Waals surface area contributed by atoms with Gasteiger partial charge in [0.25, 0.3) is 5.91 Å². The maximum atomic E-state index is 11.8. The maximum absolute atomic E-state index is 11.8. The summed E-state index contributed by atoms with van der Waals surface area (Å²) < 4.78 is 0. The van der Waals surface area contributed by atoms with E-state index in [0.717, 1.165) is 38.5 Å². The number of carbonyl (C=O) groups excluding carboxylic acids is 1. The molecule has 0 fully saturated rings. The molecule has 0 spiro atoms. The van der Waals surface area contributed by atoms with E-state index in [4.69, 9.17) is 5.11 Å². The molecule has 112 valence electrons. The summed E-state index contributed by atoms with van der Waals surface area (Å²) in [4.78, 5) is 22.1. The molecule has 0 atom stereocenters. The second kappa shape index (κ2) is 9.18. The molecular weight excluding hydrogens is 258 g/mol. The highest BCUT2D eigenvalue weighted by atomic mass is 16.4. The van der Waals surface area contributed by atoms with Crippen molar-refractivity contribution in [2.24, 2.45) is 0 Å². The first-order valence-electron chi connectivity index (χ1n) is 7.21. The molecular formula is C15H23NO4. The largest absolute Gasteiger partial charge is 0.507 e. The predicted molar refractivity (Wildman–Crippen MR) is 76.4 cm³/mol. The Bertz CT molecular complexity index is 399. The summed E-state index contributed by atoms with van der Waals surface area (Å²) in [6.07, 6.45) is 9.68. The number of hydrogen-bond acceptors (Lipinski definition) is 3. The van der Waals surface area contributed by atoms with Gasteiger partial charge in [0, 0.05) is 13.0 Å². The first-order chi connectivity index (χ1) is 9.61. The lowest BCUT2D eigenvalue weighted by Gasteiger charge is -2.11. The van der Waals surface area contributed by atoms with Gasteiger partial charge in [0.1, 0.15) is 5.76 Å². The van der Waals surface area contributed by atoms with E-state index in [0.29, 0.717) is 18.5 Å². The standard InChI is InChI=1S/C15H23NO4/c17-13-9-6-5-8-12(13)15(20)16-11-7-3-1-2-4-10-14(18)19/h8-9,17H,1-7,10-11H2,(H,16,20)(H,18,19). The first-order valence-corrected chi connectivity index (χ1v) is 7.21. The second-order valence-corrected chi connectivity index (χ2v) is 4.95. The molecule has 1 aliphatic carbocycles. The molecule has 0 aromatic carbocycles. The summed E-state index contributed by atoms with van der Waals surface area (Å²) in [7, 11) is 0. The molecule has 0 unspecified atom stereocenters. The van der Waals surface area contributed by atoms with Crippen LogP contribution in [0.1, 0.15) is 51.4 Å². The zero-order valence-corrected chi connectivity index (χ0v) is 11.7. The lowest BCUT2D eigenvalue weighted by atomic mass is 10.0. The van der Waals surface area contributed by atoms with Crippen LogP contribution in [0.4, 0.5) is 0 Å². The summed E-state index contributed by atoms with van der Waals surface area (Å²) in [5.41, 5.74) is 0.373. The van der Waals surface area contributed by atoms with E-state index < -0.39 is 5.97 Å². The van der Waals surface area contributed by atoms with Gasteiger partial charge in [-0.15, -0.1) is 0 Å². The molecule has 0 aromatic heterocycles. The van der Waals surface area contributed by atoms with E-state index in [1.807, 2.05) is 0 Å². The molecule has 0 heterocycles. The van der Waals surface area contributed by atoms with Gasteiger partial charge in [-0.25, -0.2) is 0 Å². The topological polar surface area (TPSA) is 86.6 Å². The molecule has 0 bridgehead atoms. The van der Waals surface area contributed by atoms with Gasteiger partial charge >= 0.3 is 5.97 Å². The highest BCUT2D eigenvalue weighted by Gasteiger charge is 2.14. The fourth-order valence-corrected chi connectivity index (χ4v) is 2.10. The van der Waals surface area contributed by atoms with Crippen molar-refractivity contribution in [3.05, 3.63) is 23.5 Å². The van der Waals surface area contributed by atoms with E-state index in [2.05, 4.69) is 5.32 Å². The summed E-state index contributed by atoms with van der Waals surface area (Å²) >= 11 is 0.